The Kier molecular flexibility index (Phi) is 9.28. The molecule has 0 fully saturated rings. The van der Waals surface area contributed by atoms with Gasteiger partial charge in [0.2, 0.25) is 4.08 Å². The number of esters is 2. The van der Waals surface area contributed by atoms with Crippen LogP contribution in [0.15, 0.2) is 70.5 Å². The van der Waals surface area contributed by atoms with Gasteiger partial charge in [-0.15, -0.1) is 0 Å². The first kappa shape index (κ1) is 23.0. The lowest BCUT2D eigenvalue weighted by Gasteiger charge is -2.28. The molecule has 0 aliphatic carbocycles. The summed E-state index contributed by atoms with van der Waals surface area (Å²) >= 11 is 1.99. The molecule has 0 bridgehead atoms. The molecule has 0 radical (unpaired) electrons. The molecule has 0 unspecified atom stereocenters. The highest BCUT2D eigenvalue weighted by Gasteiger charge is 2.53. The fourth-order valence-electron chi connectivity index (χ4n) is 2.28. The van der Waals surface area contributed by atoms with Crippen molar-refractivity contribution in [3.05, 3.63) is 60.7 Å². The summed E-state index contributed by atoms with van der Waals surface area (Å²) in [5, 5.41) is 0. The van der Waals surface area contributed by atoms with Crippen LogP contribution in [-0.4, -0.2) is 35.0 Å². The molecule has 0 aromatic heterocycles. The molecule has 0 aliphatic rings. The smallest absolute Gasteiger partial charge is 0.377 e. The summed E-state index contributed by atoms with van der Waals surface area (Å²) in [6.07, 6.45) is 1.17. The minimum absolute atomic E-state index is 0.108. The highest BCUT2D eigenvalue weighted by molar-refractivity contribution is 8.20. The zero-order valence-electron chi connectivity index (χ0n) is 16.5. The van der Waals surface area contributed by atoms with Crippen LogP contribution in [0.3, 0.4) is 0 Å². The van der Waals surface area contributed by atoms with Gasteiger partial charge < -0.3 is 9.47 Å². The normalized spacial score (nSPS) is 11.0. The van der Waals surface area contributed by atoms with E-state index in [2.05, 4.69) is 0 Å². The molecule has 0 atom stereocenters. The largest absolute Gasteiger partial charge is 0.464 e. The van der Waals surface area contributed by atoms with Gasteiger partial charge in [-0.05, 0) is 37.1 Å². The van der Waals surface area contributed by atoms with Crippen molar-refractivity contribution in [1.29, 1.82) is 0 Å². The molecule has 0 N–H and O–H groups in total. The lowest BCUT2D eigenvalue weighted by atomic mass is 10.2. The van der Waals surface area contributed by atoms with E-state index < -0.39 is 21.8 Å². The van der Waals surface area contributed by atoms with Crippen molar-refractivity contribution in [3.8, 4) is 0 Å². The summed E-state index contributed by atoms with van der Waals surface area (Å²) in [5.74, 6) is -2.73. The Labute approximate surface area is 179 Å². The van der Waals surface area contributed by atoms with Crippen LogP contribution in [-0.2, 0) is 23.9 Å². The van der Waals surface area contributed by atoms with E-state index in [9.17, 15) is 14.4 Å². The molecule has 0 saturated heterocycles. The molecule has 0 heterocycles. The Balaban J connectivity index is 2.50. The minimum atomic E-state index is -1.84. The molecule has 0 aliphatic heterocycles. The van der Waals surface area contributed by atoms with Gasteiger partial charge in [0.05, 0.1) is 13.2 Å². The Hall–Kier alpha value is -2.25. The SMILES string of the molecule is CCCOC(=O)C(=O)C(Sc1ccccc1)(Sc1ccccc1)C(=O)OCCC. The van der Waals surface area contributed by atoms with Crippen LogP contribution >= 0.6 is 23.5 Å². The lowest BCUT2D eigenvalue weighted by Crippen LogP contribution is -2.46. The second-order valence-electron chi connectivity index (χ2n) is 6.05. The van der Waals surface area contributed by atoms with Gasteiger partial charge in [0, 0.05) is 9.79 Å². The number of carbonyl (C=O) groups excluding carboxylic acids is 3. The Morgan fingerprint density at radius 3 is 1.66 bits per heavy atom. The monoisotopic (exact) mass is 432 g/mol. The maximum atomic E-state index is 13.3. The van der Waals surface area contributed by atoms with Crippen LogP contribution in [0.25, 0.3) is 0 Å². The highest BCUT2D eigenvalue weighted by Crippen LogP contribution is 2.47. The topological polar surface area (TPSA) is 69.7 Å². The number of hydrogen-bond donors (Lipinski definition) is 0. The van der Waals surface area contributed by atoms with Gasteiger partial charge >= 0.3 is 11.9 Å². The van der Waals surface area contributed by atoms with E-state index in [0.29, 0.717) is 22.6 Å². The van der Waals surface area contributed by atoms with Crippen LogP contribution in [0.1, 0.15) is 26.7 Å². The average Bonchev–Trinajstić information content (AvgIpc) is 2.76. The van der Waals surface area contributed by atoms with E-state index in [1.165, 1.54) is 0 Å². The predicted molar refractivity (Wildman–Crippen MR) is 115 cm³/mol. The molecule has 2 aromatic carbocycles. The summed E-state index contributed by atoms with van der Waals surface area (Å²) < 4.78 is 8.59. The van der Waals surface area contributed by atoms with Gasteiger partial charge in [0.1, 0.15) is 0 Å². The maximum absolute atomic E-state index is 13.3. The van der Waals surface area contributed by atoms with E-state index in [4.69, 9.17) is 9.47 Å². The Bertz CT molecular complexity index is 767. The van der Waals surface area contributed by atoms with Gasteiger partial charge in [-0.25, -0.2) is 9.59 Å². The Morgan fingerprint density at radius 2 is 1.21 bits per heavy atom. The molecule has 7 heteroatoms. The molecular formula is C22H24O5S2. The minimum Gasteiger partial charge on any atom is -0.464 e. The number of Topliss-reactive ketones (excluding diaryl/α,β-unsaturated/α-hetero) is 1. The number of carbonyl (C=O) groups is 3. The zero-order valence-corrected chi connectivity index (χ0v) is 18.1. The maximum Gasteiger partial charge on any atom is 0.377 e. The first-order valence-corrected chi connectivity index (χ1v) is 11.0. The third-order valence-corrected chi connectivity index (χ3v) is 6.43. The highest BCUT2D eigenvalue weighted by atomic mass is 32.2. The van der Waals surface area contributed by atoms with E-state index in [1.807, 2.05) is 26.0 Å². The van der Waals surface area contributed by atoms with Crippen molar-refractivity contribution < 1.29 is 23.9 Å². The Morgan fingerprint density at radius 1 is 0.759 bits per heavy atom. The second-order valence-corrected chi connectivity index (χ2v) is 8.88. The molecule has 2 aromatic rings. The molecule has 0 spiro atoms. The summed E-state index contributed by atoms with van der Waals surface area (Å²) in [6.45, 7) is 3.96. The van der Waals surface area contributed by atoms with Crippen LogP contribution in [0.4, 0.5) is 0 Å². The van der Waals surface area contributed by atoms with E-state index in [0.717, 1.165) is 23.5 Å². The zero-order chi connectivity index (χ0) is 21.1. The van der Waals surface area contributed by atoms with Gasteiger partial charge in [0.25, 0.3) is 5.78 Å². The number of rotatable bonds is 11. The van der Waals surface area contributed by atoms with Gasteiger partial charge in [-0.1, -0.05) is 73.8 Å². The van der Waals surface area contributed by atoms with Crippen LogP contribution < -0.4 is 0 Å². The third kappa shape index (κ3) is 6.37. The number of hydrogen-bond acceptors (Lipinski definition) is 7. The van der Waals surface area contributed by atoms with Crippen molar-refractivity contribution >= 4 is 41.2 Å². The molecule has 5 nitrogen and oxygen atoms in total. The van der Waals surface area contributed by atoms with E-state index in [1.54, 1.807) is 48.5 Å². The first-order chi connectivity index (χ1) is 14.0. The summed E-state index contributed by atoms with van der Waals surface area (Å²) in [7, 11) is 0. The van der Waals surface area contributed by atoms with Crippen LogP contribution in [0, 0.1) is 0 Å². The van der Waals surface area contributed by atoms with Crippen molar-refractivity contribution in [2.24, 2.45) is 0 Å². The fraction of sp³-hybridized carbons (Fsp3) is 0.318. The first-order valence-electron chi connectivity index (χ1n) is 9.40. The lowest BCUT2D eigenvalue weighted by molar-refractivity contribution is -0.158. The molecule has 0 saturated carbocycles. The van der Waals surface area contributed by atoms with Crippen LogP contribution in [0.2, 0.25) is 0 Å². The van der Waals surface area contributed by atoms with Gasteiger partial charge in [-0.3, -0.25) is 4.79 Å². The van der Waals surface area contributed by atoms with Crippen molar-refractivity contribution in [2.45, 2.75) is 40.6 Å². The van der Waals surface area contributed by atoms with E-state index >= 15 is 0 Å². The predicted octanol–water partition coefficient (Wildman–Crippen LogP) is 4.74. The van der Waals surface area contributed by atoms with Crippen LogP contribution in [0.5, 0.6) is 0 Å². The average molecular weight is 433 g/mol. The molecule has 154 valence electrons. The van der Waals surface area contributed by atoms with Crippen molar-refractivity contribution in [3.63, 3.8) is 0 Å². The molecule has 0 amide bonds. The standard InChI is InChI=1S/C22H24O5S2/c1-3-15-26-20(24)19(23)22(21(25)27-16-4-2,28-17-11-7-5-8-12-17)29-18-13-9-6-10-14-18/h5-14H,3-4,15-16H2,1-2H3. The van der Waals surface area contributed by atoms with Gasteiger partial charge in [0.15, 0.2) is 0 Å². The van der Waals surface area contributed by atoms with E-state index in [-0.39, 0.29) is 13.2 Å². The third-order valence-electron chi connectivity index (χ3n) is 3.64. The summed E-state index contributed by atoms with van der Waals surface area (Å²) in [6, 6.07) is 18.0. The quantitative estimate of drug-likeness (QED) is 0.167. The van der Waals surface area contributed by atoms with Crippen molar-refractivity contribution in [2.75, 3.05) is 13.2 Å². The molecule has 29 heavy (non-hydrogen) atoms. The molecular weight excluding hydrogens is 408 g/mol. The summed E-state index contributed by atoms with van der Waals surface area (Å²) in [5.41, 5.74) is 0. The summed E-state index contributed by atoms with van der Waals surface area (Å²) in [4.78, 5) is 40.3. The number of ketones is 1. The number of benzene rings is 2. The van der Waals surface area contributed by atoms with Crippen molar-refractivity contribution in [1.82, 2.24) is 0 Å². The second kappa shape index (κ2) is 11.7. The fourth-order valence-corrected chi connectivity index (χ4v) is 4.91. The number of thioether (sulfide) groups is 2. The molecule has 2 rings (SSSR count). The van der Waals surface area contributed by atoms with Gasteiger partial charge in [-0.2, -0.15) is 0 Å². The number of ether oxygens (including phenoxy) is 2.